The molecule has 2 atom stereocenters. The zero-order chi connectivity index (χ0) is 20.4. The molecule has 4 amide bonds. The van der Waals surface area contributed by atoms with Crippen LogP contribution < -0.4 is 10.6 Å². The molecule has 0 fully saturated rings. The number of thiol groups is 2. The molecule has 26 heavy (non-hydrogen) atoms. The molecule has 0 saturated heterocycles. The Labute approximate surface area is 164 Å². The van der Waals surface area contributed by atoms with Crippen molar-refractivity contribution in [1.82, 2.24) is 20.4 Å². The van der Waals surface area contributed by atoms with Gasteiger partial charge in [0.2, 0.25) is 23.6 Å². The molecule has 0 spiro atoms. The number of hydrogen-bond acceptors (Lipinski definition) is 7. The minimum atomic E-state index is -1.08. The molecule has 11 heteroatoms. The summed E-state index contributed by atoms with van der Waals surface area (Å²) in [6.07, 6.45) is -1.08. The lowest BCUT2D eigenvalue weighted by molar-refractivity contribution is -0.140. The molecule has 0 radical (unpaired) electrons. The molecule has 0 heterocycles. The zero-order valence-corrected chi connectivity index (χ0v) is 17.2. The summed E-state index contributed by atoms with van der Waals surface area (Å²) >= 11 is 8.00. The third kappa shape index (κ3) is 7.83. The first-order valence-electron chi connectivity index (χ1n) is 7.94. The fraction of sp³-hybridized carbons (Fsp3) is 0.733. The average molecular weight is 409 g/mol. The fourth-order valence-electron chi connectivity index (χ4n) is 1.93. The first-order valence-corrected chi connectivity index (χ1v) is 9.20. The van der Waals surface area contributed by atoms with Gasteiger partial charge in [0.05, 0.1) is 6.10 Å². The van der Waals surface area contributed by atoms with Crippen molar-refractivity contribution in [3.8, 4) is 0 Å². The van der Waals surface area contributed by atoms with Crippen LogP contribution in [0.25, 0.3) is 0 Å². The number of nitrogens with one attached hydrogen (secondary N) is 2. The Bertz CT molecular complexity index is 472. The fourth-order valence-corrected chi connectivity index (χ4v) is 2.57. The molecule has 0 aliphatic carbocycles. The van der Waals surface area contributed by atoms with Gasteiger partial charge in [-0.2, -0.15) is 25.3 Å². The van der Waals surface area contributed by atoms with Crippen molar-refractivity contribution in [2.24, 2.45) is 11.8 Å². The molecular weight excluding hydrogens is 380 g/mol. The number of amides is 4. The number of aliphatic hydroxyl groups is 1. The highest BCUT2D eigenvalue weighted by atomic mass is 32.1. The van der Waals surface area contributed by atoms with E-state index >= 15 is 0 Å². The average Bonchev–Trinajstić information content (AvgIpc) is 2.58. The smallest absolute Gasteiger partial charge is 0.235 e. The lowest BCUT2D eigenvalue weighted by Crippen LogP contribution is -2.47. The van der Waals surface area contributed by atoms with Crippen molar-refractivity contribution >= 4 is 48.9 Å². The maximum atomic E-state index is 12.0. The third-order valence-corrected chi connectivity index (χ3v) is 4.23. The molecule has 0 aromatic carbocycles. The highest BCUT2D eigenvalue weighted by Gasteiger charge is 2.28. The largest absolute Gasteiger partial charge is 0.389 e. The zero-order valence-electron chi connectivity index (χ0n) is 15.4. The molecule has 0 saturated carbocycles. The van der Waals surface area contributed by atoms with Crippen LogP contribution in [0.3, 0.4) is 0 Å². The number of carbonyl (C=O) groups excluding carboxylic acids is 4. The van der Waals surface area contributed by atoms with Gasteiger partial charge >= 0.3 is 0 Å². The van der Waals surface area contributed by atoms with E-state index < -0.39 is 29.8 Å². The normalized spacial score (nSPS) is 14.0. The van der Waals surface area contributed by atoms with Crippen LogP contribution in [0.1, 0.15) is 0 Å². The minimum absolute atomic E-state index is 0.0337. The van der Waals surface area contributed by atoms with E-state index in [1.165, 1.54) is 38.0 Å². The molecule has 2 unspecified atom stereocenters. The summed E-state index contributed by atoms with van der Waals surface area (Å²) in [5.74, 6) is -3.74. The monoisotopic (exact) mass is 408 g/mol. The van der Waals surface area contributed by atoms with Gasteiger partial charge in [-0.1, -0.05) is 0 Å². The maximum Gasteiger partial charge on any atom is 0.235 e. The second-order valence-corrected chi connectivity index (χ2v) is 6.81. The molecule has 150 valence electrons. The van der Waals surface area contributed by atoms with Crippen LogP contribution in [-0.2, 0) is 19.2 Å². The van der Waals surface area contributed by atoms with Gasteiger partial charge in [0.1, 0.15) is 11.8 Å². The Morgan fingerprint density at radius 1 is 0.808 bits per heavy atom. The van der Waals surface area contributed by atoms with Crippen LogP contribution in [0, 0.1) is 11.8 Å². The van der Waals surface area contributed by atoms with Crippen LogP contribution in [0.4, 0.5) is 0 Å². The summed E-state index contributed by atoms with van der Waals surface area (Å²) < 4.78 is 0. The topological polar surface area (TPSA) is 119 Å². The second-order valence-electron chi connectivity index (χ2n) is 6.08. The summed E-state index contributed by atoms with van der Waals surface area (Å²) in [7, 11) is 6.12. The summed E-state index contributed by atoms with van der Waals surface area (Å²) in [6, 6.07) is 0. The van der Waals surface area contributed by atoms with Crippen LogP contribution in [0.5, 0.6) is 0 Å². The third-order valence-electron chi connectivity index (χ3n) is 3.50. The van der Waals surface area contributed by atoms with Gasteiger partial charge in [-0.15, -0.1) is 0 Å². The standard InChI is InChI=1S/C15H28N4O5S2/c1-18(2)14(23)10(7-25)12(21)16-5-9(20)6-17-13(22)11(8-26)15(24)19(3)4/h9-11,20,25-26H,5-8H2,1-4H3,(H,16,21)(H,17,22). The summed E-state index contributed by atoms with van der Waals surface area (Å²) in [5.41, 5.74) is 0. The SMILES string of the molecule is CN(C)C(=O)C(CS)C(=O)NCC(O)CNC(=O)C(CS)C(=O)N(C)C. The van der Waals surface area contributed by atoms with Crippen LogP contribution in [0.15, 0.2) is 0 Å². The van der Waals surface area contributed by atoms with Crippen molar-refractivity contribution in [2.45, 2.75) is 6.10 Å². The highest BCUT2D eigenvalue weighted by molar-refractivity contribution is 7.80. The number of aliphatic hydroxyl groups excluding tert-OH is 1. The molecule has 0 aromatic rings. The van der Waals surface area contributed by atoms with Gasteiger partial charge < -0.3 is 25.5 Å². The summed E-state index contributed by atoms with van der Waals surface area (Å²) in [6.45, 7) is -0.311. The van der Waals surface area contributed by atoms with Crippen molar-refractivity contribution < 1.29 is 24.3 Å². The van der Waals surface area contributed by atoms with Gasteiger partial charge in [0.15, 0.2) is 0 Å². The molecule has 0 rings (SSSR count). The van der Waals surface area contributed by atoms with E-state index in [-0.39, 0.29) is 36.4 Å². The first-order chi connectivity index (χ1) is 12.1. The number of nitrogens with zero attached hydrogens (tertiary/aromatic N) is 2. The lowest BCUT2D eigenvalue weighted by Gasteiger charge is -2.21. The van der Waals surface area contributed by atoms with Crippen LogP contribution in [-0.4, -0.2) is 97.4 Å². The maximum absolute atomic E-state index is 12.0. The predicted molar refractivity (Wildman–Crippen MR) is 104 cm³/mol. The Morgan fingerprint density at radius 2 is 1.12 bits per heavy atom. The number of carbonyl (C=O) groups is 4. The van der Waals surface area contributed by atoms with Crippen molar-refractivity contribution in [3.63, 3.8) is 0 Å². The van der Waals surface area contributed by atoms with E-state index in [0.29, 0.717) is 0 Å². The Morgan fingerprint density at radius 3 is 1.35 bits per heavy atom. The van der Waals surface area contributed by atoms with Crippen LogP contribution >= 0.6 is 25.3 Å². The van der Waals surface area contributed by atoms with E-state index in [1.807, 2.05) is 0 Å². The number of hydrogen-bond donors (Lipinski definition) is 5. The van der Waals surface area contributed by atoms with Crippen molar-refractivity contribution in [3.05, 3.63) is 0 Å². The highest BCUT2D eigenvalue weighted by Crippen LogP contribution is 2.05. The van der Waals surface area contributed by atoms with Gasteiger partial charge in [0.25, 0.3) is 0 Å². The van der Waals surface area contributed by atoms with Crippen molar-refractivity contribution in [1.29, 1.82) is 0 Å². The van der Waals surface area contributed by atoms with Crippen molar-refractivity contribution in [2.75, 3.05) is 52.8 Å². The van der Waals surface area contributed by atoms with E-state index in [2.05, 4.69) is 35.9 Å². The molecule has 3 N–H and O–H groups in total. The van der Waals surface area contributed by atoms with Crippen LogP contribution in [0.2, 0.25) is 0 Å². The van der Waals surface area contributed by atoms with E-state index in [1.54, 1.807) is 0 Å². The second kappa shape index (κ2) is 12.0. The van der Waals surface area contributed by atoms with E-state index in [9.17, 15) is 24.3 Å². The summed E-state index contributed by atoms with van der Waals surface area (Å²) in [4.78, 5) is 50.3. The van der Waals surface area contributed by atoms with Gasteiger partial charge in [0, 0.05) is 52.8 Å². The minimum Gasteiger partial charge on any atom is -0.389 e. The van der Waals surface area contributed by atoms with Gasteiger partial charge in [-0.3, -0.25) is 19.2 Å². The molecule has 0 aromatic heterocycles. The molecule has 0 aliphatic rings. The van der Waals surface area contributed by atoms with E-state index in [4.69, 9.17) is 0 Å². The Hall–Kier alpha value is -1.46. The van der Waals surface area contributed by atoms with E-state index in [0.717, 1.165) is 0 Å². The molecule has 0 aliphatic heterocycles. The Kier molecular flexibility index (Phi) is 11.3. The Balaban J connectivity index is 4.48. The quantitative estimate of drug-likeness (QED) is 0.209. The molecule has 0 bridgehead atoms. The number of rotatable bonds is 10. The van der Waals surface area contributed by atoms with Gasteiger partial charge in [-0.05, 0) is 0 Å². The molecular formula is C15H28N4O5S2. The lowest BCUT2D eigenvalue weighted by atomic mass is 10.1. The first kappa shape index (κ1) is 24.5. The molecule has 9 nitrogen and oxygen atoms in total. The summed E-state index contributed by atoms with van der Waals surface area (Å²) in [5, 5.41) is 14.8. The van der Waals surface area contributed by atoms with Gasteiger partial charge in [-0.25, -0.2) is 0 Å². The predicted octanol–water partition coefficient (Wildman–Crippen LogP) is -2.15.